The van der Waals surface area contributed by atoms with Crippen LogP contribution in [-0.2, 0) is 13.1 Å². The zero-order valence-corrected chi connectivity index (χ0v) is 13.3. The van der Waals surface area contributed by atoms with Crippen LogP contribution in [0, 0.1) is 16.3 Å². The number of benzene rings is 1. The zero-order chi connectivity index (χ0) is 14.9. The SMILES string of the molecule is CCn1cc(I)c(=O)n(Cc2cc(F)ccc2C)c1=O. The Morgan fingerprint density at radius 2 is 2.00 bits per heavy atom. The summed E-state index contributed by atoms with van der Waals surface area (Å²) in [6.45, 7) is 4.22. The second-order valence-corrected chi connectivity index (χ2v) is 5.67. The van der Waals surface area contributed by atoms with Gasteiger partial charge in [0.15, 0.2) is 0 Å². The lowest BCUT2D eigenvalue weighted by Gasteiger charge is -2.11. The Hall–Kier alpha value is -1.44. The van der Waals surface area contributed by atoms with E-state index >= 15 is 0 Å². The van der Waals surface area contributed by atoms with E-state index in [1.807, 2.05) is 36.4 Å². The summed E-state index contributed by atoms with van der Waals surface area (Å²) >= 11 is 1.91. The molecule has 0 radical (unpaired) electrons. The highest BCUT2D eigenvalue weighted by atomic mass is 127. The first-order chi connectivity index (χ1) is 9.43. The fourth-order valence-electron chi connectivity index (χ4n) is 1.96. The van der Waals surface area contributed by atoms with Gasteiger partial charge in [-0.05, 0) is 59.7 Å². The molecule has 106 valence electrons. The number of rotatable bonds is 3. The van der Waals surface area contributed by atoms with E-state index in [0.29, 0.717) is 15.7 Å². The minimum absolute atomic E-state index is 0.0814. The summed E-state index contributed by atoms with van der Waals surface area (Å²) in [4.78, 5) is 24.3. The average Bonchev–Trinajstić information content (AvgIpc) is 2.42. The molecule has 6 heteroatoms. The molecular weight excluding hydrogens is 374 g/mol. The van der Waals surface area contributed by atoms with E-state index in [0.717, 1.165) is 10.1 Å². The summed E-state index contributed by atoms with van der Waals surface area (Å²) in [5.74, 6) is -0.375. The summed E-state index contributed by atoms with van der Waals surface area (Å²) in [6, 6.07) is 4.36. The van der Waals surface area contributed by atoms with Gasteiger partial charge in [0.25, 0.3) is 5.56 Å². The maximum atomic E-state index is 13.3. The molecule has 2 aromatic rings. The molecule has 0 amide bonds. The Kier molecular flexibility index (Phi) is 4.42. The first-order valence-corrected chi connectivity index (χ1v) is 7.26. The van der Waals surface area contributed by atoms with Gasteiger partial charge < -0.3 is 0 Å². The summed E-state index contributed by atoms with van der Waals surface area (Å²) in [6.07, 6.45) is 1.54. The molecule has 20 heavy (non-hydrogen) atoms. The van der Waals surface area contributed by atoms with Gasteiger partial charge >= 0.3 is 5.69 Å². The minimum Gasteiger partial charge on any atom is -0.300 e. The van der Waals surface area contributed by atoms with Gasteiger partial charge in [-0.2, -0.15) is 0 Å². The van der Waals surface area contributed by atoms with Crippen molar-refractivity contribution in [2.24, 2.45) is 0 Å². The van der Waals surface area contributed by atoms with Gasteiger partial charge in [0.1, 0.15) is 5.82 Å². The van der Waals surface area contributed by atoms with E-state index in [4.69, 9.17) is 0 Å². The van der Waals surface area contributed by atoms with Crippen LogP contribution in [0.25, 0.3) is 0 Å². The number of halogens is 2. The smallest absolute Gasteiger partial charge is 0.300 e. The van der Waals surface area contributed by atoms with Crippen molar-refractivity contribution in [2.45, 2.75) is 26.9 Å². The highest BCUT2D eigenvalue weighted by Gasteiger charge is 2.11. The van der Waals surface area contributed by atoms with Crippen molar-refractivity contribution in [1.29, 1.82) is 0 Å². The summed E-state index contributed by atoms with van der Waals surface area (Å²) in [5.41, 5.74) is 0.763. The Bertz CT molecular complexity index is 765. The van der Waals surface area contributed by atoms with Crippen molar-refractivity contribution in [2.75, 3.05) is 0 Å². The molecule has 2 rings (SSSR count). The largest absolute Gasteiger partial charge is 0.331 e. The molecule has 0 spiro atoms. The Morgan fingerprint density at radius 3 is 2.65 bits per heavy atom. The van der Waals surface area contributed by atoms with E-state index in [9.17, 15) is 14.0 Å². The lowest BCUT2D eigenvalue weighted by Crippen LogP contribution is -2.41. The van der Waals surface area contributed by atoms with E-state index in [-0.39, 0.29) is 23.6 Å². The van der Waals surface area contributed by atoms with Crippen LogP contribution in [0.3, 0.4) is 0 Å². The molecule has 0 saturated carbocycles. The maximum Gasteiger partial charge on any atom is 0.331 e. The minimum atomic E-state index is -0.375. The molecule has 0 saturated heterocycles. The van der Waals surface area contributed by atoms with E-state index in [2.05, 4.69) is 0 Å². The molecule has 0 aliphatic carbocycles. The number of nitrogens with zero attached hydrogens (tertiary/aromatic N) is 2. The van der Waals surface area contributed by atoms with Crippen molar-refractivity contribution in [3.8, 4) is 0 Å². The van der Waals surface area contributed by atoms with Crippen LogP contribution in [0.1, 0.15) is 18.1 Å². The molecule has 0 unspecified atom stereocenters. The van der Waals surface area contributed by atoms with Crippen LogP contribution < -0.4 is 11.2 Å². The van der Waals surface area contributed by atoms with Gasteiger partial charge in [-0.15, -0.1) is 0 Å². The van der Waals surface area contributed by atoms with Crippen molar-refractivity contribution < 1.29 is 4.39 Å². The third-order valence-corrected chi connectivity index (χ3v) is 3.92. The van der Waals surface area contributed by atoms with Crippen LogP contribution in [0.15, 0.2) is 34.0 Å². The van der Waals surface area contributed by atoms with Gasteiger partial charge in [0.05, 0.1) is 10.1 Å². The summed E-state index contributed by atoms with van der Waals surface area (Å²) < 4.78 is 16.4. The lowest BCUT2D eigenvalue weighted by atomic mass is 10.1. The van der Waals surface area contributed by atoms with Crippen LogP contribution >= 0.6 is 22.6 Å². The number of aromatic nitrogens is 2. The van der Waals surface area contributed by atoms with Gasteiger partial charge in [-0.3, -0.25) is 13.9 Å². The Morgan fingerprint density at radius 1 is 1.30 bits per heavy atom. The number of hydrogen-bond donors (Lipinski definition) is 0. The highest BCUT2D eigenvalue weighted by molar-refractivity contribution is 14.1. The molecule has 0 aliphatic heterocycles. The van der Waals surface area contributed by atoms with Crippen molar-refractivity contribution in [3.63, 3.8) is 0 Å². The molecule has 1 aromatic heterocycles. The lowest BCUT2D eigenvalue weighted by molar-refractivity contribution is 0.587. The first-order valence-electron chi connectivity index (χ1n) is 6.19. The molecule has 0 N–H and O–H groups in total. The van der Waals surface area contributed by atoms with E-state index in [1.54, 1.807) is 12.3 Å². The quantitative estimate of drug-likeness (QED) is 0.757. The molecular formula is C14H14FIN2O2. The first kappa shape index (κ1) is 15.0. The van der Waals surface area contributed by atoms with Crippen molar-refractivity contribution in [3.05, 3.63) is 65.7 Å². The van der Waals surface area contributed by atoms with Gasteiger partial charge in [0.2, 0.25) is 0 Å². The number of hydrogen-bond acceptors (Lipinski definition) is 2. The van der Waals surface area contributed by atoms with Crippen LogP contribution in [0.2, 0.25) is 0 Å². The van der Waals surface area contributed by atoms with Gasteiger partial charge in [-0.1, -0.05) is 6.07 Å². The third kappa shape index (κ3) is 2.84. The highest BCUT2D eigenvalue weighted by Crippen LogP contribution is 2.10. The predicted molar refractivity (Wildman–Crippen MR) is 83.6 cm³/mol. The van der Waals surface area contributed by atoms with Crippen molar-refractivity contribution >= 4 is 22.6 Å². The van der Waals surface area contributed by atoms with Crippen LogP contribution in [0.5, 0.6) is 0 Å². The molecule has 0 fully saturated rings. The fraction of sp³-hybridized carbons (Fsp3) is 0.286. The topological polar surface area (TPSA) is 44.0 Å². The monoisotopic (exact) mass is 388 g/mol. The maximum absolute atomic E-state index is 13.3. The summed E-state index contributed by atoms with van der Waals surface area (Å²) in [7, 11) is 0. The predicted octanol–water partition coefficient (Wildman–Crippen LogP) is 2.13. The van der Waals surface area contributed by atoms with Gasteiger partial charge in [0, 0.05) is 12.7 Å². The van der Waals surface area contributed by atoms with E-state index < -0.39 is 0 Å². The average molecular weight is 388 g/mol. The molecule has 0 atom stereocenters. The molecule has 0 aliphatic rings. The molecule has 4 nitrogen and oxygen atoms in total. The fourth-order valence-corrected chi connectivity index (χ4v) is 2.59. The normalized spacial score (nSPS) is 10.8. The van der Waals surface area contributed by atoms with E-state index in [1.165, 1.54) is 16.7 Å². The van der Waals surface area contributed by atoms with Crippen LogP contribution in [0.4, 0.5) is 4.39 Å². The Balaban J connectivity index is 2.59. The zero-order valence-electron chi connectivity index (χ0n) is 11.2. The number of aryl methyl sites for hydroxylation is 2. The Labute approximate surface area is 129 Å². The molecule has 1 heterocycles. The van der Waals surface area contributed by atoms with Crippen molar-refractivity contribution in [1.82, 2.24) is 9.13 Å². The standard InChI is InChI=1S/C14H14FIN2O2/c1-3-17-8-12(16)13(19)18(14(17)20)7-10-6-11(15)5-4-9(10)2/h4-6,8H,3,7H2,1-2H3. The molecule has 0 bridgehead atoms. The van der Waals surface area contributed by atoms with Gasteiger partial charge in [-0.25, -0.2) is 9.18 Å². The third-order valence-electron chi connectivity index (χ3n) is 3.18. The van der Waals surface area contributed by atoms with Crippen LogP contribution in [-0.4, -0.2) is 9.13 Å². The summed E-state index contributed by atoms with van der Waals surface area (Å²) in [5, 5.41) is 0. The second kappa shape index (κ2) is 5.90. The molecule has 1 aromatic carbocycles. The second-order valence-electron chi connectivity index (χ2n) is 4.51.